The summed E-state index contributed by atoms with van der Waals surface area (Å²) in [5.74, 6) is -0.949. The van der Waals surface area contributed by atoms with Gasteiger partial charge in [0.2, 0.25) is 0 Å². The largest absolute Gasteiger partial charge is 0.368 e. The predicted molar refractivity (Wildman–Crippen MR) is 244 cm³/mol. The number of hydrogen-bond acceptors (Lipinski definition) is 8. The number of amides is 1. The molecule has 3 unspecified atom stereocenters. The minimum absolute atomic E-state index is 0.100. The molecule has 2 aliphatic heterocycles. The molecule has 1 N–H and O–H groups in total. The lowest BCUT2D eigenvalue weighted by atomic mass is 10.00. The molecule has 4 aromatic heterocycles. The van der Waals surface area contributed by atoms with Gasteiger partial charge >= 0.3 is 0 Å². The number of hydrogen-bond donors (Lipinski definition) is 1. The van der Waals surface area contributed by atoms with Gasteiger partial charge in [0.1, 0.15) is 23.0 Å². The Morgan fingerprint density at radius 2 is 1.57 bits per heavy atom. The second-order valence-corrected chi connectivity index (χ2v) is 17.5. The Labute approximate surface area is 374 Å². The van der Waals surface area contributed by atoms with Gasteiger partial charge in [0.15, 0.2) is 5.13 Å². The summed E-state index contributed by atoms with van der Waals surface area (Å²) in [5, 5.41) is 6.26. The van der Waals surface area contributed by atoms with Gasteiger partial charge in [-0.25, -0.2) is 23.7 Å². The van der Waals surface area contributed by atoms with E-state index in [9.17, 15) is 18.4 Å². The number of aryl methyl sites for hydroxylation is 6. The maximum Gasteiger partial charge on any atom is 0.275 e. The topological polar surface area (TPSA) is 112 Å². The molecule has 2 aliphatic rings. The molecule has 6 heterocycles. The van der Waals surface area contributed by atoms with Crippen molar-refractivity contribution in [2.45, 2.75) is 92.5 Å². The molecule has 326 valence electrons. The normalized spacial score (nSPS) is 16.5. The van der Waals surface area contributed by atoms with Crippen LogP contribution in [0.1, 0.15) is 82.5 Å². The van der Waals surface area contributed by atoms with Crippen LogP contribution in [0.5, 0.6) is 0 Å². The van der Waals surface area contributed by atoms with Gasteiger partial charge in [-0.15, -0.1) is 11.3 Å². The Bertz CT molecular complexity index is 2900. The van der Waals surface area contributed by atoms with Crippen molar-refractivity contribution in [3.63, 3.8) is 0 Å². The van der Waals surface area contributed by atoms with Crippen molar-refractivity contribution < 1.29 is 18.3 Å². The number of ether oxygens (including phenoxy) is 1. The van der Waals surface area contributed by atoms with E-state index in [1.165, 1.54) is 44.7 Å². The second-order valence-electron chi connectivity index (χ2n) is 16.3. The monoisotopic (exact) mass is 890 g/mol. The second kappa shape index (κ2) is 18.0. The van der Waals surface area contributed by atoms with Gasteiger partial charge in [-0.05, 0) is 131 Å². The first-order valence-electron chi connectivity index (χ1n) is 21.0. The van der Waals surface area contributed by atoms with Crippen molar-refractivity contribution in [3.8, 4) is 22.6 Å². The van der Waals surface area contributed by atoms with E-state index >= 15 is 0 Å². The average Bonchev–Trinajstić information content (AvgIpc) is 4.10. The maximum atomic E-state index is 14.7. The summed E-state index contributed by atoms with van der Waals surface area (Å²) < 4.78 is 39.9. The quantitative estimate of drug-likeness (QED) is 0.154. The predicted octanol–water partition coefficient (Wildman–Crippen LogP) is 10.6. The number of anilines is 2. The summed E-state index contributed by atoms with van der Waals surface area (Å²) in [6, 6.07) is 15.8. The molecule has 3 atom stereocenters. The number of fused-ring (bicyclic) bond motifs is 1. The molecule has 63 heavy (non-hydrogen) atoms. The summed E-state index contributed by atoms with van der Waals surface area (Å²) >= 11 is 7.41. The molecule has 0 bridgehead atoms. The molecule has 0 saturated carbocycles. The van der Waals surface area contributed by atoms with Crippen LogP contribution in [0.4, 0.5) is 19.6 Å². The van der Waals surface area contributed by atoms with Crippen molar-refractivity contribution in [1.82, 2.24) is 33.6 Å². The van der Waals surface area contributed by atoms with Crippen LogP contribution >= 0.6 is 22.9 Å². The summed E-state index contributed by atoms with van der Waals surface area (Å²) in [6.45, 7) is 14.8. The number of imidazole rings is 2. The Morgan fingerprint density at radius 1 is 0.857 bits per heavy atom. The summed E-state index contributed by atoms with van der Waals surface area (Å²) in [5.41, 5.74) is 10.8. The Morgan fingerprint density at radius 3 is 2.25 bits per heavy atom. The molecular weight excluding hydrogens is 842 g/mol. The number of halogens is 3. The number of carbonyl (C=O) groups excluding carboxylic acids is 1. The molecular formula is C48H49ClF2N8O3S. The van der Waals surface area contributed by atoms with Gasteiger partial charge in [0.05, 0.1) is 58.7 Å². The number of nitrogens with zero attached hydrogens (tertiary/aromatic N) is 7. The third kappa shape index (κ3) is 8.97. The van der Waals surface area contributed by atoms with Crippen LogP contribution in [-0.4, -0.2) is 58.2 Å². The molecule has 1 amide bonds. The van der Waals surface area contributed by atoms with Crippen LogP contribution in [0, 0.1) is 46.3 Å². The molecule has 11 nitrogen and oxygen atoms in total. The zero-order chi connectivity index (χ0) is 44.7. The number of thiazole rings is 1. The number of nitrogens with one attached hydrogen (secondary N) is 1. The number of rotatable bonds is 9. The summed E-state index contributed by atoms with van der Waals surface area (Å²) in [7, 11) is 0. The van der Waals surface area contributed by atoms with E-state index in [1.54, 1.807) is 63.3 Å². The maximum absolute atomic E-state index is 14.7. The van der Waals surface area contributed by atoms with E-state index in [0.717, 1.165) is 63.9 Å². The molecule has 15 heteroatoms. The van der Waals surface area contributed by atoms with Crippen molar-refractivity contribution in [1.29, 1.82) is 0 Å². The van der Waals surface area contributed by atoms with Crippen molar-refractivity contribution in [2.24, 2.45) is 0 Å². The molecule has 9 rings (SSSR count). The highest BCUT2D eigenvalue weighted by atomic mass is 35.5. The molecule has 3 aromatic carbocycles. The van der Waals surface area contributed by atoms with Gasteiger partial charge < -0.3 is 28.7 Å². The van der Waals surface area contributed by atoms with Crippen molar-refractivity contribution >= 4 is 39.7 Å². The van der Waals surface area contributed by atoms with Crippen LogP contribution in [0.2, 0.25) is 5.02 Å². The Kier molecular flexibility index (Phi) is 12.5. The zero-order valence-electron chi connectivity index (χ0n) is 36.2. The lowest BCUT2D eigenvalue weighted by Gasteiger charge is -2.37. The van der Waals surface area contributed by atoms with Crippen LogP contribution in [-0.2, 0) is 17.7 Å². The van der Waals surface area contributed by atoms with E-state index in [2.05, 4.69) is 53.2 Å². The fourth-order valence-corrected chi connectivity index (χ4v) is 9.40. The van der Waals surface area contributed by atoms with Crippen LogP contribution in [0.25, 0.3) is 22.6 Å². The van der Waals surface area contributed by atoms with E-state index in [1.807, 2.05) is 39.1 Å². The zero-order valence-corrected chi connectivity index (χ0v) is 37.8. The molecule has 1 fully saturated rings. The number of benzene rings is 3. The first-order chi connectivity index (χ1) is 30.2. The lowest BCUT2D eigenvalue weighted by molar-refractivity contribution is -0.00915. The van der Waals surface area contributed by atoms with Crippen LogP contribution in [0.15, 0.2) is 89.8 Å². The van der Waals surface area contributed by atoms with Crippen LogP contribution < -0.4 is 10.9 Å². The minimum atomic E-state index is -0.458. The average molecular weight is 891 g/mol. The third-order valence-corrected chi connectivity index (χ3v) is 13.0. The minimum Gasteiger partial charge on any atom is -0.368 e. The van der Waals surface area contributed by atoms with Crippen LogP contribution in [0.3, 0.4) is 0 Å². The third-order valence-electron chi connectivity index (χ3n) is 12.0. The highest BCUT2D eigenvalue weighted by molar-refractivity contribution is 7.14. The summed E-state index contributed by atoms with van der Waals surface area (Å²) in [6.07, 6.45) is 8.86. The first-order valence-corrected chi connectivity index (χ1v) is 22.2. The number of pyridine rings is 1. The summed E-state index contributed by atoms with van der Waals surface area (Å²) in [4.78, 5) is 41.2. The van der Waals surface area contributed by atoms with Gasteiger partial charge in [-0.2, -0.15) is 0 Å². The molecule has 0 aliphatic carbocycles. The fourth-order valence-electron chi connectivity index (χ4n) is 8.45. The Balaban J connectivity index is 0.000000175. The number of aromatic nitrogens is 6. The van der Waals surface area contributed by atoms with Gasteiger partial charge in [-0.3, -0.25) is 9.59 Å². The number of carbonyl (C=O) groups is 1. The standard InChI is InChI=1S/C25H26ClFN4O3.C23H23FN4S/c1-14-10-18(26)19(27)11-17(14)23-7-6-22(34-23)16(3)30-8-9-31-21(25(30)33)5-4-20(24(31)32)29-12-15(2)28-13-29;1-5-17-10-20(15(3)8-14(17)2)26-23-27-21(12-29-23)18-6-7-22(19(24)9-18)28-11-16(4)25-13-28/h4-5,10-13,16,22-23H,6-9H2,1-3H3;6-13H,5H2,1-4H3,(H,26,27). The molecule has 7 aromatic rings. The van der Waals surface area contributed by atoms with Gasteiger partial charge in [0.25, 0.3) is 11.5 Å². The van der Waals surface area contributed by atoms with Crippen molar-refractivity contribution in [3.05, 3.63) is 157 Å². The molecule has 0 spiro atoms. The first kappa shape index (κ1) is 43.7. The lowest BCUT2D eigenvalue weighted by Crippen LogP contribution is -2.52. The van der Waals surface area contributed by atoms with E-state index < -0.39 is 5.82 Å². The smallest absolute Gasteiger partial charge is 0.275 e. The highest BCUT2D eigenvalue weighted by Gasteiger charge is 2.38. The van der Waals surface area contributed by atoms with E-state index in [0.29, 0.717) is 30.2 Å². The van der Waals surface area contributed by atoms with E-state index in [-0.39, 0.29) is 40.6 Å². The fraction of sp³-hybridized carbons (Fsp3) is 0.312. The SMILES string of the molecule is CCc1cc(Nc2nc(-c3ccc(-n4cnc(C)c4)c(F)c3)cs2)c(C)cc1C.Cc1cn(-c2ccc3n(c2=O)CCN(C(C)C2CCC(c4cc(F)c(Cl)cc4C)O2)C3=O)cn1. The van der Waals surface area contributed by atoms with Gasteiger partial charge in [-0.1, -0.05) is 30.7 Å². The van der Waals surface area contributed by atoms with Crippen molar-refractivity contribution in [2.75, 3.05) is 11.9 Å². The Hall–Kier alpha value is -5.96. The molecule has 0 radical (unpaired) electrons. The highest BCUT2D eigenvalue weighted by Crippen LogP contribution is 2.38. The van der Waals surface area contributed by atoms with E-state index in [4.69, 9.17) is 16.3 Å². The van der Waals surface area contributed by atoms with Gasteiger partial charge in [0, 0.05) is 42.1 Å². The molecule has 1 saturated heterocycles.